The molecule has 0 spiro atoms. The predicted molar refractivity (Wildman–Crippen MR) is 132 cm³/mol. The summed E-state index contributed by atoms with van der Waals surface area (Å²) in [6.45, 7) is 1.20. The molecule has 3 aromatic rings. The van der Waals surface area contributed by atoms with Crippen molar-refractivity contribution in [3.63, 3.8) is 0 Å². The summed E-state index contributed by atoms with van der Waals surface area (Å²) in [5.41, 5.74) is 2.70. The number of benzene rings is 1. The van der Waals surface area contributed by atoms with Crippen LogP contribution in [0, 0.1) is 5.82 Å². The van der Waals surface area contributed by atoms with Crippen LogP contribution >= 0.6 is 11.6 Å². The van der Waals surface area contributed by atoms with Crippen LogP contribution in [0.15, 0.2) is 36.5 Å². The van der Waals surface area contributed by atoms with Crippen molar-refractivity contribution in [1.82, 2.24) is 24.1 Å². The van der Waals surface area contributed by atoms with Gasteiger partial charge in [-0.15, -0.1) is 10.2 Å². The molecule has 168 valence electrons. The minimum absolute atomic E-state index is 0.144. The molecule has 1 aromatic carbocycles. The first kappa shape index (κ1) is 22.3. The van der Waals surface area contributed by atoms with Crippen molar-refractivity contribution < 1.29 is 4.39 Å². The molecule has 0 bridgehead atoms. The van der Waals surface area contributed by atoms with E-state index in [0.29, 0.717) is 23.8 Å². The highest BCUT2D eigenvalue weighted by Gasteiger charge is 2.32. The van der Waals surface area contributed by atoms with E-state index in [1.807, 2.05) is 24.5 Å². The second kappa shape index (κ2) is 8.68. The number of aromatic nitrogens is 4. The highest BCUT2D eigenvalue weighted by molar-refractivity contribution is 8.54. The molecule has 5 rings (SSSR count). The average Bonchev–Trinajstić information content (AvgIpc) is 3.09. The largest absolute Gasteiger partial charge is 0.281 e. The van der Waals surface area contributed by atoms with E-state index in [9.17, 15) is 4.39 Å². The molecule has 2 aliphatic rings. The number of fused-ring (bicyclic) bond motifs is 3. The van der Waals surface area contributed by atoms with Crippen molar-refractivity contribution in [2.45, 2.75) is 50.6 Å². The summed E-state index contributed by atoms with van der Waals surface area (Å²) in [5, 5.41) is 9.86. The van der Waals surface area contributed by atoms with Crippen LogP contribution in [0.2, 0.25) is 5.02 Å². The second-order valence-corrected chi connectivity index (χ2v) is 15.5. The molecular formula is C22H23ClFN5S3. The van der Waals surface area contributed by atoms with Crippen LogP contribution in [0.3, 0.4) is 0 Å². The molecule has 0 amide bonds. The van der Waals surface area contributed by atoms with Gasteiger partial charge in [0.05, 0.1) is 17.9 Å². The smallest absolute Gasteiger partial charge is 0.152 e. The Bertz CT molecular complexity index is 1270. The van der Waals surface area contributed by atoms with Crippen LogP contribution < -0.4 is 0 Å². The fourth-order valence-electron chi connectivity index (χ4n) is 4.82. The van der Waals surface area contributed by atoms with E-state index in [-0.39, 0.29) is 17.7 Å². The van der Waals surface area contributed by atoms with E-state index in [2.05, 4.69) is 24.1 Å². The molecule has 3 heterocycles. The maximum Gasteiger partial charge on any atom is 0.152 e. The number of rotatable bonds is 3. The number of halogens is 2. The van der Waals surface area contributed by atoms with Crippen molar-refractivity contribution in [3.8, 4) is 5.69 Å². The monoisotopic (exact) mass is 507 g/mol. The van der Waals surface area contributed by atoms with E-state index in [4.69, 9.17) is 34.0 Å². The van der Waals surface area contributed by atoms with Gasteiger partial charge in [-0.25, -0.2) is 8.70 Å². The van der Waals surface area contributed by atoms with Gasteiger partial charge in [-0.3, -0.25) is 9.55 Å². The lowest BCUT2D eigenvalue weighted by Gasteiger charge is -2.28. The minimum Gasteiger partial charge on any atom is -0.281 e. The lowest BCUT2D eigenvalue weighted by Crippen LogP contribution is -2.27. The molecule has 0 radical (unpaired) electrons. The van der Waals surface area contributed by atoms with Crippen LogP contribution in [0.25, 0.3) is 5.69 Å². The van der Waals surface area contributed by atoms with Crippen LogP contribution in [0.5, 0.6) is 0 Å². The molecule has 1 fully saturated rings. The Hall–Kier alpha value is -1.52. The predicted octanol–water partition coefficient (Wildman–Crippen LogP) is 4.83. The van der Waals surface area contributed by atoms with Crippen molar-refractivity contribution in [3.05, 3.63) is 70.3 Å². The van der Waals surface area contributed by atoms with Gasteiger partial charge >= 0.3 is 0 Å². The standard InChI is InChI=1S/C22H23ClFN5S3/c1-32(30,31)28-12-16-11-17(23)8-9-19(16)29-20(13-28)26-27-22(29)15-6-4-14(5-7-15)21-18(24)3-2-10-25-21/h2-3,8-11,14-15H,4-7,12-13H2,1H3. The van der Waals surface area contributed by atoms with Crippen molar-refractivity contribution >= 4 is 41.3 Å². The fraction of sp³-hybridized carbons (Fsp3) is 0.409. The van der Waals surface area contributed by atoms with Gasteiger partial charge in [0, 0.05) is 35.9 Å². The molecule has 1 aliphatic heterocycles. The van der Waals surface area contributed by atoms with Crippen LogP contribution in [0.1, 0.15) is 60.4 Å². The van der Waals surface area contributed by atoms with Crippen molar-refractivity contribution in [1.29, 1.82) is 0 Å². The van der Waals surface area contributed by atoms with E-state index in [1.165, 1.54) is 6.07 Å². The van der Waals surface area contributed by atoms with Gasteiger partial charge in [0.1, 0.15) is 11.6 Å². The Kier molecular flexibility index (Phi) is 6.05. The summed E-state index contributed by atoms with van der Waals surface area (Å²) in [6.07, 6.45) is 7.19. The summed E-state index contributed by atoms with van der Waals surface area (Å²) in [6, 6.07) is 9.05. The van der Waals surface area contributed by atoms with E-state index in [0.717, 1.165) is 48.6 Å². The molecule has 10 heteroatoms. The maximum absolute atomic E-state index is 14.2. The van der Waals surface area contributed by atoms with Crippen LogP contribution in [-0.4, -0.2) is 30.3 Å². The minimum atomic E-state index is -1.77. The molecule has 32 heavy (non-hydrogen) atoms. The van der Waals surface area contributed by atoms with Gasteiger partial charge in [0.25, 0.3) is 0 Å². The number of hydrogen-bond acceptors (Lipinski definition) is 5. The van der Waals surface area contributed by atoms with Crippen molar-refractivity contribution in [2.24, 2.45) is 0 Å². The number of nitrogens with zero attached hydrogens (tertiary/aromatic N) is 5. The molecule has 0 N–H and O–H groups in total. The fourth-order valence-corrected chi connectivity index (χ4v) is 6.37. The molecule has 0 atom stereocenters. The van der Waals surface area contributed by atoms with Gasteiger partial charge in [-0.2, -0.15) is 0 Å². The topological polar surface area (TPSA) is 46.8 Å². The van der Waals surface area contributed by atoms with Gasteiger partial charge in [0.15, 0.2) is 5.82 Å². The summed E-state index contributed by atoms with van der Waals surface area (Å²) in [4.78, 5) is 4.30. The zero-order chi connectivity index (χ0) is 22.5. The molecule has 0 saturated heterocycles. The van der Waals surface area contributed by atoms with Crippen LogP contribution in [-0.2, 0) is 42.8 Å². The van der Waals surface area contributed by atoms with E-state index in [1.54, 1.807) is 12.3 Å². The SMILES string of the molecule is CS(=S)(=S)N1Cc2cc(Cl)ccc2-n2c(nnc2C2CCC(c3ncccc3F)CC2)C1. The lowest BCUT2D eigenvalue weighted by atomic mass is 9.79. The normalized spacial score (nSPS) is 21.6. The zero-order valence-corrected chi connectivity index (χ0v) is 20.8. The van der Waals surface area contributed by atoms with Gasteiger partial charge in [-0.1, -0.05) is 11.6 Å². The third-order valence-electron chi connectivity index (χ3n) is 6.44. The Balaban J connectivity index is 1.48. The average molecular weight is 508 g/mol. The zero-order valence-electron chi connectivity index (χ0n) is 17.6. The Morgan fingerprint density at radius 2 is 1.81 bits per heavy atom. The summed E-state index contributed by atoms with van der Waals surface area (Å²) in [5.74, 6) is 1.99. The third kappa shape index (κ3) is 4.21. The third-order valence-corrected chi connectivity index (χ3v) is 9.13. The first-order valence-corrected chi connectivity index (χ1v) is 14.8. The Morgan fingerprint density at radius 1 is 1.06 bits per heavy atom. The highest BCUT2D eigenvalue weighted by Crippen LogP contribution is 2.41. The van der Waals surface area contributed by atoms with Gasteiger partial charge < -0.3 is 0 Å². The van der Waals surface area contributed by atoms with E-state index < -0.39 is 7.33 Å². The second-order valence-electron chi connectivity index (χ2n) is 8.53. The molecular weight excluding hydrogens is 485 g/mol. The van der Waals surface area contributed by atoms with Gasteiger partial charge in [0.2, 0.25) is 0 Å². The van der Waals surface area contributed by atoms with E-state index >= 15 is 0 Å². The lowest BCUT2D eigenvalue weighted by molar-refractivity contribution is 0.368. The first-order valence-electron chi connectivity index (χ1n) is 10.6. The highest BCUT2D eigenvalue weighted by atomic mass is 35.5. The quantitative estimate of drug-likeness (QED) is 0.506. The first-order chi connectivity index (χ1) is 15.3. The summed E-state index contributed by atoms with van der Waals surface area (Å²) in [7, 11) is -1.77. The summed E-state index contributed by atoms with van der Waals surface area (Å²) < 4.78 is 18.5. The van der Waals surface area contributed by atoms with Crippen molar-refractivity contribution in [2.75, 3.05) is 6.26 Å². The molecule has 1 aliphatic carbocycles. The van der Waals surface area contributed by atoms with Gasteiger partial charge in [-0.05, 0) is 91.3 Å². The maximum atomic E-state index is 14.2. The Morgan fingerprint density at radius 3 is 2.53 bits per heavy atom. The Labute approximate surface area is 202 Å². The number of hydrogen-bond donors (Lipinski definition) is 0. The molecule has 5 nitrogen and oxygen atoms in total. The molecule has 0 unspecified atom stereocenters. The van der Waals surface area contributed by atoms with Crippen LogP contribution in [0.4, 0.5) is 4.39 Å². The molecule has 2 aromatic heterocycles. The molecule has 1 saturated carbocycles. The number of pyridine rings is 1. The summed E-state index contributed by atoms with van der Waals surface area (Å²) >= 11 is 17.6.